The Morgan fingerprint density at radius 1 is 1.24 bits per heavy atom. The SMILES string of the molecule is C=C(O)c1sc2nc3n(c(=O)c2c1C)CCC3Cc1ccc(OCc2cccc(=C)/c2=C\C=C/C)c(OC)c1.CC. The predicted molar refractivity (Wildman–Crippen MR) is 171 cm³/mol. The summed E-state index contributed by atoms with van der Waals surface area (Å²) in [7, 11) is 1.64. The van der Waals surface area contributed by atoms with Gasteiger partial charge in [0.1, 0.15) is 23.0 Å². The first-order valence-corrected chi connectivity index (χ1v) is 14.8. The second-order valence-corrected chi connectivity index (χ2v) is 10.8. The summed E-state index contributed by atoms with van der Waals surface area (Å²) in [6.45, 7) is 16.6. The zero-order valence-corrected chi connectivity index (χ0v) is 25.3. The Bertz CT molecular complexity index is 1780. The lowest BCUT2D eigenvalue weighted by atomic mass is 9.97. The molecular weight excluding hydrogens is 532 g/mol. The molecule has 3 heterocycles. The molecule has 1 unspecified atom stereocenters. The van der Waals surface area contributed by atoms with E-state index in [0.29, 0.717) is 39.7 Å². The molecule has 5 rings (SSSR count). The van der Waals surface area contributed by atoms with Crippen LogP contribution in [0, 0.1) is 6.92 Å². The van der Waals surface area contributed by atoms with Crippen LogP contribution in [0.15, 0.2) is 59.9 Å². The van der Waals surface area contributed by atoms with E-state index in [2.05, 4.69) is 13.2 Å². The van der Waals surface area contributed by atoms with Gasteiger partial charge >= 0.3 is 0 Å². The van der Waals surface area contributed by atoms with Crippen LogP contribution in [0.2, 0.25) is 0 Å². The summed E-state index contributed by atoms with van der Waals surface area (Å²) in [6, 6.07) is 12.0. The third kappa shape index (κ3) is 6.00. The number of ether oxygens (including phenoxy) is 2. The molecule has 1 aliphatic rings. The van der Waals surface area contributed by atoms with Crippen molar-refractivity contribution >= 4 is 40.0 Å². The van der Waals surface area contributed by atoms with E-state index in [0.717, 1.165) is 45.8 Å². The van der Waals surface area contributed by atoms with Crippen molar-refractivity contribution < 1.29 is 14.6 Å². The Hall–Kier alpha value is -4.10. The molecule has 7 heteroatoms. The molecule has 1 atom stereocenters. The molecule has 0 bridgehead atoms. The van der Waals surface area contributed by atoms with Gasteiger partial charge in [0.15, 0.2) is 11.5 Å². The molecule has 1 N–H and O–H groups in total. The number of fused-ring (bicyclic) bond motifs is 2. The average Bonchev–Trinajstić information content (AvgIpc) is 3.53. The van der Waals surface area contributed by atoms with Gasteiger partial charge in [-0.3, -0.25) is 9.36 Å². The number of aryl methyl sites for hydroxylation is 1. The van der Waals surface area contributed by atoms with Crippen molar-refractivity contribution in [3.63, 3.8) is 0 Å². The highest BCUT2D eigenvalue weighted by Crippen LogP contribution is 2.36. The number of aliphatic hydroxyl groups excluding tert-OH is 1. The summed E-state index contributed by atoms with van der Waals surface area (Å²) in [5, 5.41) is 12.5. The number of methoxy groups -OCH3 is 1. The van der Waals surface area contributed by atoms with E-state index in [9.17, 15) is 9.90 Å². The minimum Gasteiger partial charge on any atom is -0.507 e. The highest BCUT2D eigenvalue weighted by atomic mass is 32.1. The highest BCUT2D eigenvalue weighted by Gasteiger charge is 2.29. The number of aromatic nitrogens is 2. The molecule has 0 radical (unpaired) electrons. The maximum Gasteiger partial charge on any atom is 0.262 e. The van der Waals surface area contributed by atoms with Gasteiger partial charge in [-0.1, -0.05) is 69.5 Å². The van der Waals surface area contributed by atoms with E-state index in [-0.39, 0.29) is 17.2 Å². The topological polar surface area (TPSA) is 73.6 Å². The summed E-state index contributed by atoms with van der Waals surface area (Å²) in [4.78, 5) is 19.4. The lowest BCUT2D eigenvalue weighted by Gasteiger charge is -2.15. The zero-order chi connectivity index (χ0) is 29.7. The molecular formula is C34H38N2O4S. The van der Waals surface area contributed by atoms with Gasteiger partial charge in [-0.05, 0) is 65.9 Å². The first-order chi connectivity index (χ1) is 19.8. The predicted octanol–water partition coefficient (Wildman–Crippen LogP) is 6.41. The number of hydrogen-bond acceptors (Lipinski definition) is 6. The zero-order valence-electron chi connectivity index (χ0n) is 24.5. The monoisotopic (exact) mass is 570 g/mol. The van der Waals surface area contributed by atoms with Crippen LogP contribution in [-0.2, 0) is 19.6 Å². The van der Waals surface area contributed by atoms with E-state index >= 15 is 0 Å². The van der Waals surface area contributed by atoms with Gasteiger partial charge in [-0.15, -0.1) is 11.3 Å². The normalized spacial score (nSPS) is 14.7. The number of hydrogen-bond donors (Lipinski definition) is 1. The molecule has 214 valence electrons. The van der Waals surface area contributed by atoms with Crippen LogP contribution < -0.4 is 25.5 Å². The minimum atomic E-state index is -0.0440. The molecule has 0 spiro atoms. The number of benzene rings is 2. The fourth-order valence-corrected chi connectivity index (χ4v) is 6.29. The summed E-state index contributed by atoms with van der Waals surface area (Å²) < 4.78 is 13.7. The second-order valence-electron chi connectivity index (χ2n) is 9.76. The van der Waals surface area contributed by atoms with Crippen LogP contribution in [-0.4, -0.2) is 21.8 Å². The van der Waals surface area contributed by atoms with Crippen molar-refractivity contribution in [1.29, 1.82) is 0 Å². The molecule has 0 saturated heterocycles. The van der Waals surface area contributed by atoms with E-state index in [1.165, 1.54) is 11.3 Å². The van der Waals surface area contributed by atoms with Crippen molar-refractivity contribution in [3.05, 3.63) is 103 Å². The molecule has 4 aromatic rings. The van der Waals surface area contributed by atoms with Crippen LogP contribution in [0.4, 0.5) is 0 Å². The molecule has 0 amide bonds. The van der Waals surface area contributed by atoms with Crippen LogP contribution in [0.1, 0.15) is 60.5 Å². The Labute approximate surface area is 245 Å². The molecule has 2 aromatic carbocycles. The number of aliphatic hydroxyl groups is 1. The third-order valence-corrected chi connectivity index (χ3v) is 8.48. The van der Waals surface area contributed by atoms with E-state index in [1.807, 2.05) is 82.3 Å². The average molecular weight is 571 g/mol. The van der Waals surface area contributed by atoms with Crippen molar-refractivity contribution in [3.8, 4) is 11.5 Å². The maximum absolute atomic E-state index is 13.3. The second kappa shape index (κ2) is 13.0. The van der Waals surface area contributed by atoms with Gasteiger partial charge in [0.2, 0.25) is 0 Å². The van der Waals surface area contributed by atoms with Gasteiger partial charge in [0.25, 0.3) is 5.56 Å². The van der Waals surface area contributed by atoms with Crippen molar-refractivity contribution in [2.45, 2.75) is 59.6 Å². The Morgan fingerprint density at radius 3 is 2.73 bits per heavy atom. The summed E-state index contributed by atoms with van der Waals surface area (Å²) in [5.41, 5.74) is 2.83. The van der Waals surface area contributed by atoms with Crippen molar-refractivity contribution in [1.82, 2.24) is 9.55 Å². The number of rotatable bonds is 8. The maximum atomic E-state index is 13.3. The smallest absolute Gasteiger partial charge is 0.262 e. The number of thiophene rings is 1. The molecule has 2 aromatic heterocycles. The fourth-order valence-electron chi connectivity index (χ4n) is 5.24. The lowest BCUT2D eigenvalue weighted by Crippen LogP contribution is -2.27. The van der Waals surface area contributed by atoms with Crippen LogP contribution >= 0.6 is 11.3 Å². The fraction of sp³-hybridized carbons (Fsp3) is 0.294. The lowest BCUT2D eigenvalue weighted by molar-refractivity contribution is 0.283. The quantitative estimate of drug-likeness (QED) is 0.248. The molecule has 1 aliphatic heterocycles. The number of nitrogens with zero attached hydrogens (tertiary/aromatic N) is 2. The van der Waals surface area contributed by atoms with E-state index in [4.69, 9.17) is 14.5 Å². The molecule has 41 heavy (non-hydrogen) atoms. The Kier molecular flexibility index (Phi) is 9.50. The molecule has 6 nitrogen and oxygen atoms in total. The van der Waals surface area contributed by atoms with Crippen LogP contribution in [0.5, 0.6) is 11.5 Å². The Morgan fingerprint density at radius 2 is 2.02 bits per heavy atom. The van der Waals surface area contributed by atoms with Gasteiger partial charge < -0.3 is 14.6 Å². The van der Waals surface area contributed by atoms with Crippen LogP contribution in [0.3, 0.4) is 0 Å². The number of allylic oxidation sites excluding steroid dienone is 2. The summed E-state index contributed by atoms with van der Waals surface area (Å²) >= 11 is 1.32. The molecule has 0 saturated carbocycles. The standard InChI is InChI=1S/C32H32N2O4S.C2H6/c1-6-7-11-25-19(2)9-8-10-24(25)18-38-26-13-12-22(17-27(26)37-5)16-23-14-15-34-30(23)33-31-28(32(34)36)20(3)29(39-31)21(4)35;1-2/h6-13,17,23,35H,2,4,14-16,18H2,1,3,5H3;1-2H3/b7-6-,25-11+;. The molecule has 0 fully saturated rings. The molecule has 0 aliphatic carbocycles. The van der Waals surface area contributed by atoms with Crippen LogP contribution in [0.25, 0.3) is 28.6 Å². The van der Waals surface area contributed by atoms with Crippen molar-refractivity contribution in [2.24, 2.45) is 0 Å². The van der Waals surface area contributed by atoms with E-state index in [1.54, 1.807) is 11.7 Å². The van der Waals surface area contributed by atoms with E-state index < -0.39 is 0 Å². The summed E-state index contributed by atoms with van der Waals surface area (Å²) in [5.74, 6) is 2.20. The minimum absolute atomic E-state index is 0.0303. The van der Waals surface area contributed by atoms with Gasteiger partial charge in [-0.2, -0.15) is 0 Å². The van der Waals surface area contributed by atoms with Crippen molar-refractivity contribution in [2.75, 3.05) is 7.11 Å². The van der Waals surface area contributed by atoms with Gasteiger partial charge in [-0.25, -0.2) is 4.98 Å². The summed E-state index contributed by atoms with van der Waals surface area (Å²) in [6.07, 6.45) is 7.60. The van der Waals surface area contributed by atoms with Gasteiger partial charge in [0, 0.05) is 12.5 Å². The highest BCUT2D eigenvalue weighted by molar-refractivity contribution is 7.19. The first kappa shape index (κ1) is 29.9. The Balaban J connectivity index is 0.00000189. The first-order valence-electron chi connectivity index (χ1n) is 13.9. The van der Waals surface area contributed by atoms with Gasteiger partial charge in [0.05, 0.1) is 17.4 Å². The largest absolute Gasteiger partial charge is 0.507 e. The third-order valence-electron chi connectivity index (χ3n) is 7.24.